The van der Waals surface area contributed by atoms with Gasteiger partial charge in [0.15, 0.2) is 0 Å². The van der Waals surface area contributed by atoms with E-state index in [1.807, 2.05) is 18.7 Å². The molecule has 0 unspecified atom stereocenters. The van der Waals surface area contributed by atoms with Crippen molar-refractivity contribution in [2.45, 2.75) is 45.3 Å². The Labute approximate surface area is 182 Å². The first kappa shape index (κ1) is 23.3. The molecule has 1 aromatic rings. The van der Waals surface area contributed by atoms with E-state index in [0.717, 1.165) is 0 Å². The second kappa shape index (κ2) is 10.8. The fourth-order valence-corrected chi connectivity index (χ4v) is 4.20. The van der Waals surface area contributed by atoms with Crippen molar-refractivity contribution in [2.24, 2.45) is 5.92 Å². The summed E-state index contributed by atoms with van der Waals surface area (Å²) in [6.45, 7) is 6.62. The van der Waals surface area contributed by atoms with Crippen LogP contribution in [0.4, 0.5) is 20.6 Å². The number of carbonyl (C=O) groups excluding carboxylic acids is 2. The van der Waals surface area contributed by atoms with E-state index in [9.17, 15) is 14.0 Å². The van der Waals surface area contributed by atoms with E-state index in [2.05, 4.69) is 10.6 Å². The Balaban J connectivity index is 1.51. The van der Waals surface area contributed by atoms with E-state index in [-0.39, 0.29) is 42.5 Å². The molecular weight excluding hydrogens is 403 g/mol. The molecule has 2 atom stereocenters. The van der Waals surface area contributed by atoms with E-state index >= 15 is 0 Å². The van der Waals surface area contributed by atoms with Gasteiger partial charge in [0.05, 0.1) is 17.9 Å². The van der Waals surface area contributed by atoms with Crippen molar-refractivity contribution in [1.82, 2.24) is 10.2 Å². The monoisotopic (exact) mass is 436 g/mol. The first-order valence-electron chi connectivity index (χ1n) is 11.0. The van der Waals surface area contributed by atoms with Crippen LogP contribution >= 0.6 is 0 Å². The van der Waals surface area contributed by atoms with Gasteiger partial charge in [0.1, 0.15) is 5.82 Å². The Hall–Kier alpha value is -2.39. The predicted octanol–water partition coefficient (Wildman–Crippen LogP) is 2.18. The van der Waals surface area contributed by atoms with Gasteiger partial charge in [-0.15, -0.1) is 0 Å². The summed E-state index contributed by atoms with van der Waals surface area (Å²) in [5, 5.41) is 14.4. The fourth-order valence-electron chi connectivity index (χ4n) is 4.20. The maximum absolute atomic E-state index is 14.7. The Morgan fingerprint density at radius 2 is 1.87 bits per heavy atom. The van der Waals surface area contributed by atoms with Crippen LogP contribution in [0.15, 0.2) is 18.2 Å². The third-order valence-corrected chi connectivity index (χ3v) is 5.75. The maximum Gasteiger partial charge on any atom is 0.321 e. The molecule has 2 aliphatic heterocycles. The number of aliphatic hydroxyl groups is 1. The lowest BCUT2D eigenvalue weighted by atomic mass is 9.96. The molecule has 2 saturated heterocycles. The predicted molar refractivity (Wildman–Crippen MR) is 117 cm³/mol. The fraction of sp³-hybridized carbons (Fsp3) is 0.636. The molecule has 3 amide bonds. The number of anilines is 2. The van der Waals surface area contributed by atoms with Gasteiger partial charge in [0.2, 0.25) is 5.91 Å². The highest BCUT2D eigenvalue weighted by Gasteiger charge is 2.28. The number of rotatable bonds is 6. The van der Waals surface area contributed by atoms with Gasteiger partial charge >= 0.3 is 6.03 Å². The quantitative estimate of drug-likeness (QED) is 0.595. The second-order valence-corrected chi connectivity index (χ2v) is 8.39. The van der Waals surface area contributed by atoms with Crippen LogP contribution in [0.1, 0.15) is 33.1 Å². The number of hydrogen-bond acceptors (Lipinski definition) is 5. The molecule has 0 spiro atoms. The Kier molecular flexibility index (Phi) is 8.09. The van der Waals surface area contributed by atoms with Crippen molar-refractivity contribution in [3.05, 3.63) is 24.0 Å². The molecule has 2 fully saturated rings. The van der Waals surface area contributed by atoms with Gasteiger partial charge in [-0.3, -0.25) is 4.79 Å². The molecule has 31 heavy (non-hydrogen) atoms. The summed E-state index contributed by atoms with van der Waals surface area (Å²) < 4.78 is 20.4. The largest absolute Gasteiger partial charge is 0.396 e. The maximum atomic E-state index is 14.7. The third kappa shape index (κ3) is 6.30. The van der Waals surface area contributed by atoms with Crippen LogP contribution in [0.3, 0.4) is 0 Å². The standard InChI is InChI=1S/C22H33FN4O4/c1-15-13-27(14-16(2)31-15)20-5-4-18(12-19(20)23)25-22(30)26-9-6-17(7-10-26)21(29)24-8-3-11-28/h4-5,12,15-17,28H,3,6-11,13-14H2,1-2H3,(H,24,29)(H,25,30)/t15-,16-/m0/s1. The molecule has 2 heterocycles. The minimum Gasteiger partial charge on any atom is -0.396 e. The van der Waals surface area contributed by atoms with Crippen LogP contribution in [-0.2, 0) is 9.53 Å². The SMILES string of the molecule is C[C@H]1CN(c2ccc(NC(=O)N3CCC(C(=O)NCCCO)CC3)cc2F)C[C@H](C)O1. The summed E-state index contributed by atoms with van der Waals surface area (Å²) in [5.41, 5.74) is 0.914. The lowest BCUT2D eigenvalue weighted by Crippen LogP contribution is -2.46. The zero-order valence-corrected chi connectivity index (χ0v) is 18.3. The van der Waals surface area contributed by atoms with E-state index < -0.39 is 0 Å². The van der Waals surface area contributed by atoms with Crippen molar-refractivity contribution in [2.75, 3.05) is 49.5 Å². The number of halogens is 1. The number of carbonyl (C=O) groups is 2. The average molecular weight is 437 g/mol. The molecular formula is C22H33FN4O4. The van der Waals surface area contributed by atoms with Gasteiger partial charge in [-0.1, -0.05) is 0 Å². The topological polar surface area (TPSA) is 94.1 Å². The molecule has 0 bridgehead atoms. The number of morpholine rings is 1. The molecule has 8 nitrogen and oxygen atoms in total. The van der Waals surface area contributed by atoms with Gasteiger partial charge in [-0.2, -0.15) is 0 Å². The molecule has 172 valence electrons. The van der Waals surface area contributed by atoms with Crippen LogP contribution in [0.2, 0.25) is 0 Å². The number of urea groups is 1. The molecule has 2 aliphatic rings. The summed E-state index contributed by atoms with van der Waals surface area (Å²) in [6.07, 6.45) is 1.76. The highest BCUT2D eigenvalue weighted by atomic mass is 19.1. The number of nitrogens with one attached hydrogen (secondary N) is 2. The zero-order chi connectivity index (χ0) is 22.4. The summed E-state index contributed by atoms with van der Waals surface area (Å²) in [7, 11) is 0. The Morgan fingerprint density at radius 1 is 1.19 bits per heavy atom. The number of amides is 3. The third-order valence-electron chi connectivity index (χ3n) is 5.75. The molecule has 9 heteroatoms. The summed E-state index contributed by atoms with van der Waals surface area (Å²) in [6, 6.07) is 4.46. The normalized spacial score (nSPS) is 22.3. The van der Waals surface area contributed by atoms with Gasteiger partial charge in [-0.25, -0.2) is 9.18 Å². The summed E-state index contributed by atoms with van der Waals surface area (Å²) >= 11 is 0. The molecule has 1 aromatic carbocycles. The number of nitrogens with zero attached hydrogens (tertiary/aromatic N) is 2. The van der Waals surface area contributed by atoms with E-state index in [0.29, 0.717) is 63.4 Å². The lowest BCUT2D eigenvalue weighted by molar-refractivity contribution is -0.126. The number of likely N-dealkylation sites (tertiary alicyclic amines) is 1. The van der Waals surface area contributed by atoms with Gasteiger partial charge in [-0.05, 0) is 51.3 Å². The highest BCUT2D eigenvalue weighted by Crippen LogP contribution is 2.26. The van der Waals surface area contributed by atoms with Crippen LogP contribution in [0.25, 0.3) is 0 Å². The van der Waals surface area contributed by atoms with Crippen molar-refractivity contribution >= 4 is 23.3 Å². The van der Waals surface area contributed by atoms with E-state index in [4.69, 9.17) is 9.84 Å². The summed E-state index contributed by atoms with van der Waals surface area (Å²) in [4.78, 5) is 28.3. The van der Waals surface area contributed by atoms with Crippen LogP contribution < -0.4 is 15.5 Å². The molecule has 0 aromatic heterocycles. The Morgan fingerprint density at radius 3 is 2.48 bits per heavy atom. The van der Waals surface area contributed by atoms with Crippen LogP contribution in [0.5, 0.6) is 0 Å². The van der Waals surface area contributed by atoms with E-state index in [1.165, 1.54) is 6.07 Å². The molecule has 3 N–H and O–H groups in total. The van der Waals surface area contributed by atoms with Crippen LogP contribution in [0, 0.1) is 11.7 Å². The minimum atomic E-state index is -0.377. The van der Waals surface area contributed by atoms with Crippen molar-refractivity contribution in [1.29, 1.82) is 0 Å². The van der Waals surface area contributed by atoms with Crippen LogP contribution in [-0.4, -0.2) is 73.5 Å². The Bertz CT molecular complexity index is 760. The van der Waals surface area contributed by atoms with Gasteiger partial charge in [0, 0.05) is 50.9 Å². The van der Waals surface area contributed by atoms with Gasteiger partial charge in [0.25, 0.3) is 0 Å². The average Bonchev–Trinajstić information content (AvgIpc) is 2.73. The summed E-state index contributed by atoms with van der Waals surface area (Å²) in [5.74, 6) is -0.534. The number of piperidine rings is 1. The van der Waals surface area contributed by atoms with E-state index in [1.54, 1.807) is 17.0 Å². The van der Waals surface area contributed by atoms with Crippen molar-refractivity contribution in [3.63, 3.8) is 0 Å². The minimum absolute atomic E-state index is 0.0297. The van der Waals surface area contributed by atoms with Crippen molar-refractivity contribution in [3.8, 4) is 0 Å². The first-order chi connectivity index (χ1) is 14.9. The highest BCUT2D eigenvalue weighted by molar-refractivity contribution is 5.90. The first-order valence-corrected chi connectivity index (χ1v) is 11.0. The second-order valence-electron chi connectivity index (χ2n) is 8.39. The number of ether oxygens (including phenoxy) is 1. The number of hydrogen-bond donors (Lipinski definition) is 3. The molecule has 0 aliphatic carbocycles. The smallest absolute Gasteiger partial charge is 0.321 e. The van der Waals surface area contributed by atoms with Crippen molar-refractivity contribution < 1.29 is 23.8 Å². The molecule has 3 rings (SSSR count). The van der Waals surface area contributed by atoms with Gasteiger partial charge < -0.3 is 30.3 Å². The lowest BCUT2D eigenvalue weighted by Gasteiger charge is -2.37. The number of benzene rings is 1. The number of aliphatic hydroxyl groups excluding tert-OH is 1. The molecule has 0 saturated carbocycles. The zero-order valence-electron chi connectivity index (χ0n) is 18.3. The molecule has 0 radical (unpaired) electrons.